The molecule has 1 aliphatic heterocycles. The smallest absolute Gasteiger partial charge is 0.223 e. The van der Waals surface area contributed by atoms with Crippen LogP contribution in [0.5, 0.6) is 0 Å². The summed E-state index contributed by atoms with van der Waals surface area (Å²) in [5.74, 6) is 2.40. The normalized spacial score (nSPS) is 40.3. The maximum Gasteiger partial charge on any atom is 0.223 e. The van der Waals surface area contributed by atoms with Crippen molar-refractivity contribution in [3.63, 3.8) is 0 Å². The fraction of sp³-hybridized carbons (Fsp3) is 0.696. The van der Waals surface area contributed by atoms with Crippen molar-refractivity contribution in [1.29, 1.82) is 0 Å². The highest BCUT2D eigenvalue weighted by molar-refractivity contribution is 6.30. The Balaban J connectivity index is 1.47. The molecule has 4 saturated carbocycles. The van der Waals surface area contributed by atoms with Gasteiger partial charge in [-0.1, -0.05) is 30.7 Å². The molecule has 2 unspecified atom stereocenters. The molecule has 146 valence electrons. The first-order valence-corrected chi connectivity index (χ1v) is 10.9. The lowest BCUT2D eigenvalue weighted by Gasteiger charge is -2.65. The lowest BCUT2D eigenvalue weighted by Crippen LogP contribution is -2.60. The Kier molecular flexibility index (Phi) is 4.15. The molecule has 1 N–H and O–H groups in total. The van der Waals surface area contributed by atoms with Gasteiger partial charge in [-0.15, -0.1) is 0 Å². The molecule has 3 nitrogen and oxygen atoms in total. The van der Waals surface area contributed by atoms with E-state index < -0.39 is 0 Å². The Bertz CT molecular complexity index is 741. The second-order valence-corrected chi connectivity index (χ2v) is 10.8. The third-order valence-electron chi connectivity index (χ3n) is 8.24. The number of carbonyl (C=O) groups excluding carboxylic acids is 1. The average molecular weight is 388 g/mol. The minimum Gasteiger partial charge on any atom is -0.389 e. The van der Waals surface area contributed by atoms with Crippen LogP contribution in [0.25, 0.3) is 0 Å². The highest BCUT2D eigenvalue weighted by Gasteiger charge is 2.61. The molecule has 1 aromatic carbocycles. The zero-order valence-electron chi connectivity index (χ0n) is 16.2. The van der Waals surface area contributed by atoms with Crippen molar-refractivity contribution in [2.75, 3.05) is 13.1 Å². The van der Waals surface area contributed by atoms with Crippen molar-refractivity contribution in [1.82, 2.24) is 4.90 Å². The zero-order valence-corrected chi connectivity index (χ0v) is 16.9. The minimum absolute atomic E-state index is 0.0682. The number of rotatable bonds is 4. The van der Waals surface area contributed by atoms with Gasteiger partial charge in [-0.05, 0) is 84.8 Å². The molecule has 1 amide bonds. The van der Waals surface area contributed by atoms with E-state index in [-0.39, 0.29) is 17.4 Å². The number of benzene rings is 1. The number of hydrogen-bond acceptors (Lipinski definition) is 2. The maximum absolute atomic E-state index is 13.1. The van der Waals surface area contributed by atoms with Crippen LogP contribution in [-0.2, 0) is 11.2 Å². The number of carbonyl (C=O) groups is 1. The van der Waals surface area contributed by atoms with E-state index in [1.807, 2.05) is 17.0 Å². The van der Waals surface area contributed by atoms with Crippen molar-refractivity contribution in [2.24, 2.45) is 28.6 Å². The topological polar surface area (TPSA) is 40.5 Å². The van der Waals surface area contributed by atoms with E-state index in [1.165, 1.54) is 37.7 Å². The molecule has 4 aliphatic carbocycles. The summed E-state index contributed by atoms with van der Waals surface area (Å²) < 4.78 is 0. The first kappa shape index (κ1) is 18.0. The van der Waals surface area contributed by atoms with Gasteiger partial charge in [-0.2, -0.15) is 0 Å². The van der Waals surface area contributed by atoms with Gasteiger partial charge in [-0.25, -0.2) is 0 Å². The molecular formula is C23H30ClNO2. The molecule has 1 saturated heterocycles. The van der Waals surface area contributed by atoms with Gasteiger partial charge >= 0.3 is 0 Å². The number of nitrogens with zero attached hydrogens (tertiary/aromatic N) is 1. The summed E-state index contributed by atoms with van der Waals surface area (Å²) in [5.41, 5.74) is 1.83. The Morgan fingerprint density at radius 1 is 1.22 bits per heavy atom. The lowest BCUT2D eigenvalue weighted by molar-refractivity contribution is -0.169. The Labute approximate surface area is 167 Å². The second-order valence-electron chi connectivity index (χ2n) is 10.3. The van der Waals surface area contributed by atoms with Crippen molar-refractivity contribution in [3.8, 4) is 0 Å². The number of aliphatic hydroxyl groups excluding tert-OH is 1. The van der Waals surface area contributed by atoms with Crippen molar-refractivity contribution in [2.45, 2.75) is 58.0 Å². The van der Waals surface area contributed by atoms with Crippen molar-refractivity contribution >= 4 is 17.5 Å². The first-order chi connectivity index (χ1) is 12.9. The van der Waals surface area contributed by atoms with Gasteiger partial charge in [0, 0.05) is 24.5 Å². The number of likely N-dealkylation sites (tertiary alicyclic amines) is 1. The number of β-amino-alcohol motifs (C(OH)–C–C–N with tert-alkyl or cyclic N) is 1. The van der Waals surface area contributed by atoms with Crippen molar-refractivity contribution in [3.05, 3.63) is 34.9 Å². The average Bonchev–Trinajstić information content (AvgIpc) is 2.55. The summed E-state index contributed by atoms with van der Waals surface area (Å²) in [5, 5.41) is 10.4. The summed E-state index contributed by atoms with van der Waals surface area (Å²) in [6, 6.07) is 8.24. The Morgan fingerprint density at radius 2 is 1.93 bits per heavy atom. The molecule has 6 rings (SSSR count). The summed E-state index contributed by atoms with van der Waals surface area (Å²) in [7, 11) is 0. The molecule has 5 aliphatic rings. The SMILES string of the molecule is C[C@]12CC3CC(C1)[C@](CC(=O)N1CC(O)C1)(Cc1cccc(Cl)c1)C(C3)C2. The number of halogens is 1. The van der Waals surface area contributed by atoms with Crippen LogP contribution >= 0.6 is 11.6 Å². The van der Waals surface area contributed by atoms with Crippen LogP contribution in [0.1, 0.15) is 51.0 Å². The van der Waals surface area contributed by atoms with Gasteiger partial charge in [0.25, 0.3) is 0 Å². The molecule has 0 spiro atoms. The van der Waals surface area contributed by atoms with Crippen LogP contribution in [0.15, 0.2) is 24.3 Å². The van der Waals surface area contributed by atoms with Gasteiger partial charge < -0.3 is 10.0 Å². The van der Waals surface area contributed by atoms with Gasteiger partial charge in [0.2, 0.25) is 5.91 Å². The fourth-order valence-corrected chi connectivity index (χ4v) is 7.51. The molecule has 0 aromatic heterocycles. The molecule has 4 bridgehead atoms. The summed E-state index contributed by atoms with van der Waals surface area (Å²) >= 11 is 6.28. The largest absolute Gasteiger partial charge is 0.389 e. The van der Waals surface area contributed by atoms with Gasteiger partial charge in [0.1, 0.15) is 0 Å². The highest BCUT2D eigenvalue weighted by Crippen LogP contribution is 2.68. The summed E-state index contributed by atoms with van der Waals surface area (Å²) in [6.07, 6.45) is 7.81. The predicted octanol–water partition coefficient (Wildman–Crippen LogP) is 4.31. The van der Waals surface area contributed by atoms with Crippen LogP contribution in [0.2, 0.25) is 5.02 Å². The Hall–Kier alpha value is -1.06. The van der Waals surface area contributed by atoms with E-state index in [0.29, 0.717) is 36.8 Å². The monoisotopic (exact) mass is 387 g/mol. The maximum atomic E-state index is 13.1. The molecule has 5 fully saturated rings. The minimum atomic E-state index is -0.324. The number of aliphatic hydroxyl groups is 1. The zero-order chi connectivity index (χ0) is 18.8. The van der Waals surface area contributed by atoms with E-state index in [1.54, 1.807) is 0 Å². The molecule has 2 atom stereocenters. The molecule has 4 heteroatoms. The van der Waals surface area contributed by atoms with Crippen LogP contribution < -0.4 is 0 Å². The van der Waals surface area contributed by atoms with E-state index in [2.05, 4.69) is 19.1 Å². The second kappa shape index (κ2) is 6.22. The van der Waals surface area contributed by atoms with E-state index >= 15 is 0 Å². The standard InChI is InChI=1S/C23H30ClNO2/c1-22-8-16-5-17(10-22)23(18(6-16)11-22,9-15-3-2-4-19(24)7-15)12-21(27)25-13-20(26)14-25/h2-4,7,16-18,20,26H,5-6,8-14H2,1H3/t16?,17?,18?,22-,23+. The van der Waals surface area contributed by atoms with Crippen molar-refractivity contribution < 1.29 is 9.90 Å². The molecular weight excluding hydrogens is 358 g/mol. The molecule has 1 aromatic rings. The lowest BCUT2D eigenvalue weighted by atomic mass is 9.40. The fourth-order valence-electron chi connectivity index (χ4n) is 7.30. The summed E-state index contributed by atoms with van der Waals surface area (Å²) in [6.45, 7) is 3.51. The number of hydrogen-bond donors (Lipinski definition) is 1. The van der Waals surface area contributed by atoms with Crippen LogP contribution in [0.4, 0.5) is 0 Å². The first-order valence-electron chi connectivity index (χ1n) is 10.6. The van der Waals surface area contributed by atoms with E-state index in [4.69, 9.17) is 11.6 Å². The van der Waals surface area contributed by atoms with Crippen LogP contribution in [0.3, 0.4) is 0 Å². The number of amides is 1. The third-order valence-corrected chi connectivity index (χ3v) is 8.47. The van der Waals surface area contributed by atoms with Gasteiger partial charge in [0.15, 0.2) is 0 Å². The Morgan fingerprint density at radius 3 is 2.52 bits per heavy atom. The van der Waals surface area contributed by atoms with E-state index in [9.17, 15) is 9.90 Å². The molecule has 1 heterocycles. The summed E-state index contributed by atoms with van der Waals surface area (Å²) in [4.78, 5) is 15.0. The van der Waals surface area contributed by atoms with Crippen LogP contribution in [0, 0.1) is 28.6 Å². The highest BCUT2D eigenvalue weighted by atomic mass is 35.5. The van der Waals surface area contributed by atoms with Gasteiger partial charge in [-0.3, -0.25) is 4.79 Å². The predicted molar refractivity (Wildman–Crippen MR) is 106 cm³/mol. The quantitative estimate of drug-likeness (QED) is 0.836. The molecule has 0 radical (unpaired) electrons. The van der Waals surface area contributed by atoms with Crippen LogP contribution in [-0.4, -0.2) is 35.1 Å². The third kappa shape index (κ3) is 3.02. The van der Waals surface area contributed by atoms with E-state index in [0.717, 1.165) is 17.4 Å². The van der Waals surface area contributed by atoms with Gasteiger partial charge in [0.05, 0.1) is 6.10 Å². The molecule has 27 heavy (non-hydrogen) atoms.